The van der Waals surface area contributed by atoms with E-state index < -0.39 is 0 Å². The van der Waals surface area contributed by atoms with Gasteiger partial charge in [-0.3, -0.25) is 4.99 Å². The van der Waals surface area contributed by atoms with Gasteiger partial charge >= 0.3 is 0 Å². The van der Waals surface area contributed by atoms with Crippen LogP contribution < -0.4 is 10.6 Å². The van der Waals surface area contributed by atoms with Crippen molar-refractivity contribution in [1.29, 1.82) is 0 Å². The second kappa shape index (κ2) is 4.00. The van der Waals surface area contributed by atoms with Gasteiger partial charge in [-0.2, -0.15) is 0 Å². The van der Waals surface area contributed by atoms with Crippen molar-refractivity contribution in [1.82, 2.24) is 10.6 Å². The first-order valence-electron chi connectivity index (χ1n) is 5.41. The molecular formula is C11H18BrN3. The minimum atomic E-state index is 0.0385. The van der Waals surface area contributed by atoms with Crippen molar-refractivity contribution < 1.29 is 0 Å². The Morgan fingerprint density at radius 1 is 1.40 bits per heavy atom. The largest absolute Gasteiger partial charge is 0.314 e. The molecule has 0 aromatic carbocycles. The SMILES string of the molecule is CNC1(CC2(NC)CC2)C=CC(Br)=NC1. The lowest BCUT2D eigenvalue weighted by atomic mass is 9.88. The number of dihydropyridines is 1. The lowest BCUT2D eigenvalue weighted by Crippen LogP contribution is -2.50. The molecule has 15 heavy (non-hydrogen) atoms. The van der Waals surface area contributed by atoms with Gasteiger partial charge in [-0.1, -0.05) is 6.08 Å². The molecule has 84 valence electrons. The van der Waals surface area contributed by atoms with Crippen molar-refractivity contribution >= 4 is 20.6 Å². The van der Waals surface area contributed by atoms with Gasteiger partial charge in [0, 0.05) is 5.54 Å². The number of likely N-dealkylation sites (N-methyl/N-ethyl adjacent to an activating group) is 1. The van der Waals surface area contributed by atoms with E-state index in [1.165, 1.54) is 12.8 Å². The molecule has 0 radical (unpaired) electrons. The zero-order chi connectivity index (χ0) is 10.9. The number of hydrogen-bond acceptors (Lipinski definition) is 3. The molecule has 0 bridgehead atoms. The standard InChI is InChI=1S/C11H18BrN3/c1-13-10(5-6-10)7-11(14-2)4-3-9(12)15-8-11/h3-4,13-14H,5-8H2,1-2H3. The summed E-state index contributed by atoms with van der Waals surface area (Å²) in [6.45, 7) is 0.823. The average Bonchev–Trinajstić information content (AvgIpc) is 3.03. The lowest BCUT2D eigenvalue weighted by Gasteiger charge is -2.34. The van der Waals surface area contributed by atoms with Gasteiger partial charge in [-0.15, -0.1) is 0 Å². The van der Waals surface area contributed by atoms with Gasteiger partial charge in [-0.25, -0.2) is 0 Å². The van der Waals surface area contributed by atoms with Crippen LogP contribution in [0.4, 0.5) is 0 Å². The van der Waals surface area contributed by atoms with Crippen LogP contribution in [-0.2, 0) is 0 Å². The van der Waals surface area contributed by atoms with Gasteiger partial charge in [0.15, 0.2) is 0 Å². The van der Waals surface area contributed by atoms with Crippen LogP contribution >= 0.6 is 15.9 Å². The molecule has 0 spiro atoms. The molecule has 1 atom stereocenters. The van der Waals surface area contributed by atoms with Crippen molar-refractivity contribution in [3.63, 3.8) is 0 Å². The first-order valence-corrected chi connectivity index (χ1v) is 6.20. The molecule has 1 unspecified atom stereocenters. The highest BCUT2D eigenvalue weighted by atomic mass is 79.9. The molecule has 0 saturated heterocycles. The van der Waals surface area contributed by atoms with Crippen LogP contribution in [0, 0.1) is 0 Å². The second-order valence-corrected chi connectivity index (χ2v) is 5.40. The molecule has 0 amide bonds. The van der Waals surface area contributed by atoms with Crippen LogP contribution in [0.25, 0.3) is 0 Å². The first kappa shape index (κ1) is 11.3. The van der Waals surface area contributed by atoms with E-state index in [-0.39, 0.29) is 5.54 Å². The third kappa shape index (κ3) is 2.32. The summed E-state index contributed by atoms with van der Waals surface area (Å²) in [7, 11) is 4.08. The number of halogens is 1. The predicted molar refractivity (Wildman–Crippen MR) is 67.8 cm³/mol. The average molecular weight is 272 g/mol. The summed E-state index contributed by atoms with van der Waals surface area (Å²) in [5.74, 6) is 0. The Balaban J connectivity index is 2.07. The van der Waals surface area contributed by atoms with E-state index in [1.54, 1.807) is 0 Å². The van der Waals surface area contributed by atoms with Crippen LogP contribution in [0.5, 0.6) is 0 Å². The molecule has 0 aromatic heterocycles. The maximum atomic E-state index is 4.46. The topological polar surface area (TPSA) is 36.4 Å². The summed E-state index contributed by atoms with van der Waals surface area (Å²) in [6, 6.07) is 0. The summed E-state index contributed by atoms with van der Waals surface area (Å²) in [6.07, 6.45) is 7.97. The Morgan fingerprint density at radius 2 is 2.13 bits per heavy atom. The van der Waals surface area contributed by atoms with Crippen LogP contribution in [0.3, 0.4) is 0 Å². The molecule has 0 aromatic rings. The third-order valence-electron chi connectivity index (χ3n) is 3.59. The summed E-state index contributed by atoms with van der Waals surface area (Å²) in [5, 5.41) is 6.85. The number of aliphatic imine (C=N–C) groups is 1. The lowest BCUT2D eigenvalue weighted by molar-refractivity contribution is 0.341. The van der Waals surface area contributed by atoms with Crippen molar-refractivity contribution in [3.8, 4) is 0 Å². The molecular weight excluding hydrogens is 254 g/mol. The molecule has 1 saturated carbocycles. The number of hydrogen-bond donors (Lipinski definition) is 2. The molecule has 2 rings (SSSR count). The zero-order valence-corrected chi connectivity index (χ0v) is 10.9. The van der Waals surface area contributed by atoms with Gasteiger partial charge in [0.05, 0.1) is 16.7 Å². The van der Waals surface area contributed by atoms with E-state index in [4.69, 9.17) is 0 Å². The number of nitrogens with zero attached hydrogens (tertiary/aromatic N) is 1. The zero-order valence-electron chi connectivity index (χ0n) is 9.31. The van der Waals surface area contributed by atoms with Gasteiger partial charge in [-0.05, 0) is 55.4 Å². The van der Waals surface area contributed by atoms with Gasteiger partial charge in [0.2, 0.25) is 0 Å². The van der Waals surface area contributed by atoms with E-state index in [0.29, 0.717) is 5.54 Å². The van der Waals surface area contributed by atoms with Gasteiger partial charge < -0.3 is 10.6 Å². The van der Waals surface area contributed by atoms with Gasteiger partial charge in [0.25, 0.3) is 0 Å². The fraction of sp³-hybridized carbons (Fsp3) is 0.727. The minimum absolute atomic E-state index is 0.0385. The first-order chi connectivity index (χ1) is 7.14. The monoisotopic (exact) mass is 271 g/mol. The number of nitrogens with one attached hydrogen (secondary N) is 2. The highest BCUT2D eigenvalue weighted by Gasteiger charge is 2.47. The Kier molecular flexibility index (Phi) is 3.01. The van der Waals surface area contributed by atoms with Gasteiger partial charge in [0.1, 0.15) is 0 Å². The smallest absolute Gasteiger partial charge is 0.0999 e. The van der Waals surface area contributed by atoms with Crippen LogP contribution in [0.1, 0.15) is 19.3 Å². The summed E-state index contributed by atoms with van der Waals surface area (Å²) in [5.41, 5.74) is 0.392. The summed E-state index contributed by atoms with van der Waals surface area (Å²) < 4.78 is 0.947. The number of allylic oxidation sites excluding steroid dienone is 1. The summed E-state index contributed by atoms with van der Waals surface area (Å²) in [4.78, 5) is 4.46. The molecule has 4 heteroatoms. The highest BCUT2D eigenvalue weighted by molar-refractivity contribution is 9.18. The molecule has 2 aliphatic rings. The van der Waals surface area contributed by atoms with Crippen molar-refractivity contribution in [2.75, 3.05) is 20.6 Å². The Labute approximate surface area is 99.6 Å². The molecule has 2 N–H and O–H groups in total. The van der Waals surface area contributed by atoms with Crippen LogP contribution in [-0.4, -0.2) is 36.3 Å². The third-order valence-corrected chi connectivity index (χ3v) is 4.10. The molecule has 3 nitrogen and oxygen atoms in total. The minimum Gasteiger partial charge on any atom is -0.314 e. The van der Waals surface area contributed by atoms with Crippen LogP contribution in [0.15, 0.2) is 17.1 Å². The van der Waals surface area contributed by atoms with Crippen molar-refractivity contribution in [2.24, 2.45) is 4.99 Å². The quantitative estimate of drug-likeness (QED) is 0.812. The Morgan fingerprint density at radius 3 is 2.53 bits per heavy atom. The molecule has 1 aliphatic carbocycles. The molecule has 1 fully saturated rings. The van der Waals surface area contributed by atoms with Crippen molar-refractivity contribution in [2.45, 2.75) is 30.3 Å². The van der Waals surface area contributed by atoms with E-state index in [1.807, 2.05) is 13.1 Å². The van der Waals surface area contributed by atoms with Crippen molar-refractivity contribution in [3.05, 3.63) is 12.2 Å². The normalized spacial score (nSPS) is 32.6. The maximum Gasteiger partial charge on any atom is 0.0999 e. The predicted octanol–water partition coefficient (Wildman–Crippen LogP) is 1.45. The second-order valence-electron chi connectivity index (χ2n) is 4.59. The fourth-order valence-electron chi connectivity index (χ4n) is 2.19. The van der Waals surface area contributed by atoms with E-state index in [0.717, 1.165) is 17.6 Å². The molecule has 1 aliphatic heterocycles. The Hall–Kier alpha value is -0.190. The Bertz CT molecular complexity index is 307. The maximum absolute atomic E-state index is 4.46. The van der Waals surface area contributed by atoms with E-state index in [9.17, 15) is 0 Å². The number of rotatable bonds is 4. The fourth-order valence-corrected chi connectivity index (χ4v) is 2.44. The molecule has 1 heterocycles. The van der Waals surface area contributed by atoms with E-state index in [2.05, 4.69) is 44.7 Å². The van der Waals surface area contributed by atoms with E-state index >= 15 is 0 Å². The highest BCUT2D eigenvalue weighted by Crippen LogP contribution is 2.42. The summed E-state index contributed by atoms with van der Waals surface area (Å²) >= 11 is 3.40. The van der Waals surface area contributed by atoms with Crippen LogP contribution in [0.2, 0.25) is 0 Å².